The summed E-state index contributed by atoms with van der Waals surface area (Å²) in [5.74, 6) is 1.30. The van der Waals surface area contributed by atoms with Gasteiger partial charge in [-0.2, -0.15) is 0 Å². The molecule has 1 heterocycles. The second kappa shape index (κ2) is 6.55. The highest BCUT2D eigenvalue weighted by atomic mass is 79.9. The van der Waals surface area contributed by atoms with Crippen LogP contribution in [-0.4, -0.2) is 19.0 Å². The number of hydrogen-bond acceptors (Lipinski definition) is 4. The van der Waals surface area contributed by atoms with Gasteiger partial charge in [0.15, 0.2) is 5.41 Å². The molecule has 22 heavy (non-hydrogen) atoms. The Hall–Kier alpha value is -1.77. The topological polar surface area (TPSA) is 52.6 Å². The first-order valence-electron chi connectivity index (χ1n) is 6.33. The predicted octanol–water partition coefficient (Wildman–Crippen LogP) is 3.53. The van der Waals surface area contributed by atoms with Crippen molar-refractivity contribution in [1.82, 2.24) is 0 Å². The zero-order valence-corrected chi connectivity index (χ0v) is 14.0. The first-order valence-corrected chi connectivity index (χ1v) is 7.50. The fourth-order valence-corrected chi connectivity index (χ4v) is 2.81. The molecule has 114 valence electrons. The zero-order valence-electron chi connectivity index (χ0n) is 11.7. The van der Waals surface area contributed by atoms with E-state index in [4.69, 9.17) is 27.5 Å². The van der Waals surface area contributed by atoms with Gasteiger partial charge in [-0.25, -0.2) is 0 Å². The number of carbonyl (C=O) groups excluding carboxylic acids is 2. The van der Waals surface area contributed by atoms with Crippen LogP contribution >= 0.6 is 27.5 Å². The van der Waals surface area contributed by atoms with Crippen molar-refractivity contribution in [3.63, 3.8) is 0 Å². The summed E-state index contributed by atoms with van der Waals surface area (Å²) in [6.07, 6.45) is 5.26. The molecule has 0 saturated carbocycles. The molecule has 0 bridgehead atoms. The van der Waals surface area contributed by atoms with Crippen molar-refractivity contribution in [2.45, 2.75) is 12.8 Å². The number of cyclic esters (lactones) is 1. The van der Waals surface area contributed by atoms with Crippen LogP contribution in [0.3, 0.4) is 0 Å². The highest BCUT2D eigenvalue weighted by Crippen LogP contribution is 2.44. The molecule has 0 amide bonds. The van der Waals surface area contributed by atoms with Gasteiger partial charge in [-0.15, -0.1) is 12.3 Å². The zero-order chi connectivity index (χ0) is 16.3. The molecule has 0 aromatic heterocycles. The lowest BCUT2D eigenvalue weighted by Gasteiger charge is -2.17. The first-order chi connectivity index (χ1) is 10.4. The summed E-state index contributed by atoms with van der Waals surface area (Å²) in [5.41, 5.74) is -0.710. The van der Waals surface area contributed by atoms with Crippen molar-refractivity contribution in [1.29, 1.82) is 0 Å². The third-order valence-electron chi connectivity index (χ3n) is 3.39. The number of benzene rings is 1. The van der Waals surface area contributed by atoms with E-state index in [0.717, 1.165) is 5.56 Å². The molecule has 1 aromatic rings. The van der Waals surface area contributed by atoms with Crippen LogP contribution in [0.2, 0.25) is 5.02 Å². The lowest BCUT2D eigenvalue weighted by atomic mass is 9.82. The number of halogens is 2. The Bertz CT molecular complexity index is 687. The molecule has 1 saturated heterocycles. The van der Waals surface area contributed by atoms with Crippen LogP contribution in [-0.2, 0) is 19.1 Å². The van der Waals surface area contributed by atoms with E-state index >= 15 is 0 Å². The van der Waals surface area contributed by atoms with Crippen molar-refractivity contribution in [2.24, 2.45) is 5.41 Å². The van der Waals surface area contributed by atoms with Crippen LogP contribution in [0.25, 0.3) is 4.48 Å². The molecule has 1 fully saturated rings. The number of ether oxygens (including phenoxy) is 2. The normalized spacial score (nSPS) is 22.7. The number of hydrogen-bond donors (Lipinski definition) is 0. The lowest BCUT2D eigenvalue weighted by molar-refractivity contribution is -0.162. The fourth-order valence-electron chi connectivity index (χ4n) is 2.20. The van der Waals surface area contributed by atoms with Gasteiger partial charge in [-0.05, 0) is 33.6 Å². The maximum Gasteiger partial charge on any atom is 0.330 e. The summed E-state index contributed by atoms with van der Waals surface area (Å²) in [4.78, 5) is 24.2. The van der Waals surface area contributed by atoms with Gasteiger partial charge in [0.1, 0.15) is 5.76 Å². The van der Waals surface area contributed by atoms with Gasteiger partial charge in [-0.1, -0.05) is 23.7 Å². The number of rotatable bonds is 3. The smallest absolute Gasteiger partial charge is 0.330 e. The SMILES string of the molecule is C#CCC1(C(=O)OC)C/C(=C(/Br)c2ccc(Cl)cc2)OC1=O. The second-order valence-corrected chi connectivity index (χ2v) is 5.99. The summed E-state index contributed by atoms with van der Waals surface area (Å²) in [7, 11) is 1.21. The Morgan fingerprint density at radius 2 is 2.14 bits per heavy atom. The Balaban J connectivity index is 2.42. The van der Waals surface area contributed by atoms with Gasteiger partial charge in [0, 0.05) is 17.9 Å². The monoisotopic (exact) mass is 382 g/mol. The van der Waals surface area contributed by atoms with Crippen LogP contribution in [0.5, 0.6) is 0 Å². The van der Waals surface area contributed by atoms with Gasteiger partial charge >= 0.3 is 11.9 Å². The molecular weight excluding hydrogens is 372 g/mol. The molecule has 1 atom stereocenters. The highest BCUT2D eigenvalue weighted by Gasteiger charge is 2.54. The Kier molecular flexibility index (Phi) is 4.94. The number of esters is 2. The van der Waals surface area contributed by atoms with Gasteiger partial charge in [-0.3, -0.25) is 9.59 Å². The van der Waals surface area contributed by atoms with E-state index in [0.29, 0.717) is 15.3 Å². The maximum absolute atomic E-state index is 12.2. The summed E-state index contributed by atoms with van der Waals surface area (Å²) < 4.78 is 10.6. The lowest BCUT2D eigenvalue weighted by Crippen LogP contribution is -2.36. The van der Waals surface area contributed by atoms with Gasteiger partial charge in [0.25, 0.3) is 0 Å². The molecule has 2 rings (SSSR count). The van der Waals surface area contributed by atoms with Crippen LogP contribution < -0.4 is 0 Å². The number of carbonyl (C=O) groups is 2. The minimum Gasteiger partial charge on any atom is -0.468 e. The third kappa shape index (κ3) is 2.90. The molecule has 4 nitrogen and oxygen atoms in total. The number of methoxy groups -OCH3 is 1. The fraction of sp³-hybridized carbons (Fsp3) is 0.250. The minimum absolute atomic E-state index is 0.0475. The molecule has 6 heteroatoms. The summed E-state index contributed by atoms with van der Waals surface area (Å²) >= 11 is 9.24. The van der Waals surface area contributed by atoms with Gasteiger partial charge in [0.05, 0.1) is 11.6 Å². The van der Waals surface area contributed by atoms with Crippen molar-refractivity contribution in [2.75, 3.05) is 7.11 Å². The van der Waals surface area contributed by atoms with Crippen LogP contribution in [0, 0.1) is 17.8 Å². The standard InChI is InChI=1S/C16H12BrClO4/c1-3-8-16(14(19)21-2)9-12(22-15(16)20)13(17)10-4-6-11(18)7-5-10/h1,4-7H,8-9H2,2H3/b13-12-. The molecule has 0 radical (unpaired) electrons. The van der Waals surface area contributed by atoms with E-state index in [-0.39, 0.29) is 12.8 Å². The van der Waals surface area contributed by atoms with Crippen LogP contribution in [0.4, 0.5) is 0 Å². The molecule has 0 spiro atoms. The van der Waals surface area contributed by atoms with Crippen LogP contribution in [0.15, 0.2) is 30.0 Å². The summed E-state index contributed by atoms with van der Waals surface area (Å²) in [6.45, 7) is 0. The van der Waals surface area contributed by atoms with Crippen molar-refractivity contribution < 1.29 is 19.1 Å². The van der Waals surface area contributed by atoms with Crippen LogP contribution in [0.1, 0.15) is 18.4 Å². The second-order valence-electron chi connectivity index (χ2n) is 4.76. The average Bonchev–Trinajstić information content (AvgIpc) is 2.85. The van der Waals surface area contributed by atoms with Gasteiger partial charge < -0.3 is 9.47 Å². The molecule has 1 unspecified atom stereocenters. The summed E-state index contributed by atoms with van der Waals surface area (Å²) in [6, 6.07) is 6.97. The maximum atomic E-state index is 12.2. The largest absolute Gasteiger partial charge is 0.468 e. The average molecular weight is 384 g/mol. The van der Waals surface area contributed by atoms with Crippen molar-refractivity contribution in [3.8, 4) is 12.3 Å². The Labute approximate surface area is 141 Å². The van der Waals surface area contributed by atoms with E-state index in [1.165, 1.54) is 7.11 Å². The number of allylic oxidation sites excluding steroid dienone is 1. The van der Waals surface area contributed by atoms with Crippen molar-refractivity contribution in [3.05, 3.63) is 40.6 Å². The molecule has 0 aliphatic carbocycles. The first kappa shape index (κ1) is 16.6. The minimum atomic E-state index is -1.48. The third-order valence-corrected chi connectivity index (χ3v) is 4.54. The van der Waals surface area contributed by atoms with E-state index in [1.54, 1.807) is 24.3 Å². The quantitative estimate of drug-likeness (QED) is 0.455. The molecule has 1 aliphatic heterocycles. The predicted molar refractivity (Wildman–Crippen MR) is 85.9 cm³/mol. The van der Waals surface area contributed by atoms with E-state index in [1.807, 2.05) is 0 Å². The van der Waals surface area contributed by atoms with E-state index in [2.05, 4.69) is 21.9 Å². The molecule has 1 aliphatic rings. The summed E-state index contributed by atoms with van der Waals surface area (Å²) in [5, 5.41) is 0.591. The molecule has 1 aromatic carbocycles. The molecule has 0 N–H and O–H groups in total. The number of terminal acetylenes is 1. The Morgan fingerprint density at radius 3 is 2.68 bits per heavy atom. The van der Waals surface area contributed by atoms with E-state index in [9.17, 15) is 9.59 Å². The van der Waals surface area contributed by atoms with E-state index < -0.39 is 17.4 Å². The Morgan fingerprint density at radius 1 is 1.50 bits per heavy atom. The highest BCUT2D eigenvalue weighted by molar-refractivity contribution is 9.15. The van der Waals surface area contributed by atoms with Gasteiger partial charge in [0.2, 0.25) is 0 Å². The van der Waals surface area contributed by atoms with Crippen molar-refractivity contribution >= 4 is 44.0 Å². The molecular formula is C16H12BrClO4.